The molecule has 0 aromatic carbocycles. The van der Waals surface area contributed by atoms with Gasteiger partial charge in [-0.3, -0.25) is 4.79 Å². The lowest BCUT2D eigenvalue weighted by Crippen LogP contribution is -2.41. The van der Waals surface area contributed by atoms with Crippen molar-refractivity contribution in [2.75, 3.05) is 26.3 Å². The maximum atomic E-state index is 10.2. The van der Waals surface area contributed by atoms with E-state index in [1.54, 1.807) is 0 Å². The number of ether oxygens (including phenoxy) is 1. The lowest BCUT2D eigenvalue weighted by Gasteiger charge is -2.24. The van der Waals surface area contributed by atoms with Gasteiger partial charge in [-0.15, -0.1) is 0 Å². The average Bonchev–Trinajstić information content (AvgIpc) is 1.88. The van der Waals surface area contributed by atoms with Crippen LogP contribution in [0.5, 0.6) is 0 Å². The minimum Gasteiger partial charge on any atom is -0.488 e. The minimum absolute atomic E-state index is 0.142. The fourth-order valence-electron chi connectivity index (χ4n) is 0.951. The maximum Gasteiger partial charge on any atom is 0.340 e. The Balaban J connectivity index is 2.19. The van der Waals surface area contributed by atoms with E-state index in [9.17, 15) is 4.79 Å². The van der Waals surface area contributed by atoms with Gasteiger partial charge in [-0.25, -0.2) is 0 Å². The molecule has 0 bridgehead atoms. The van der Waals surface area contributed by atoms with Crippen molar-refractivity contribution >= 4 is 13.3 Å². The van der Waals surface area contributed by atoms with E-state index >= 15 is 0 Å². The third-order valence-electron chi connectivity index (χ3n) is 1.46. The van der Waals surface area contributed by atoms with Crippen LogP contribution in [0.25, 0.3) is 0 Å². The van der Waals surface area contributed by atoms with Crippen LogP contribution in [0, 0.1) is 0 Å². The van der Waals surface area contributed by atoms with Crippen molar-refractivity contribution in [2.45, 2.75) is 0 Å². The minimum atomic E-state index is -0.762. The smallest absolute Gasteiger partial charge is 0.340 e. The summed E-state index contributed by atoms with van der Waals surface area (Å²) < 4.78 is 5.05. The fourth-order valence-corrected chi connectivity index (χ4v) is 0.951. The molecule has 0 amide bonds. The number of hydrogen-bond acceptors (Lipinski definition) is 3. The third kappa shape index (κ3) is 2.37. The normalized spacial score (nSPS) is 20.4. The predicted molar refractivity (Wildman–Crippen MR) is 37.6 cm³/mol. The van der Waals surface area contributed by atoms with Crippen LogP contribution in [0.1, 0.15) is 0 Å². The summed E-state index contributed by atoms with van der Waals surface area (Å²) in [6.45, 7) is 2.80. The number of nitrogens with zero attached hydrogens (tertiary/aromatic N) is 1. The van der Waals surface area contributed by atoms with Gasteiger partial charge in [0.05, 0.1) is 13.2 Å². The van der Waals surface area contributed by atoms with Crippen molar-refractivity contribution in [1.82, 2.24) is 4.81 Å². The second kappa shape index (κ2) is 3.58. The molecule has 1 aliphatic heterocycles. The van der Waals surface area contributed by atoms with Crippen LogP contribution in [0.2, 0.25) is 0 Å². The predicted octanol–water partition coefficient (Wildman–Crippen LogP) is -0.652. The number of morpholine rings is 1. The van der Waals surface area contributed by atoms with E-state index in [1.165, 1.54) is 0 Å². The van der Waals surface area contributed by atoms with E-state index in [2.05, 4.69) is 0 Å². The van der Waals surface area contributed by atoms with Crippen LogP contribution < -0.4 is 0 Å². The average molecular weight is 143 g/mol. The molecule has 0 radical (unpaired) electrons. The highest BCUT2D eigenvalue weighted by Gasteiger charge is 2.14. The number of hydrogen-bond donors (Lipinski definition) is 1. The highest BCUT2D eigenvalue weighted by atomic mass is 16.5. The van der Waals surface area contributed by atoms with Gasteiger partial charge in [0.15, 0.2) is 0 Å². The lowest BCUT2D eigenvalue weighted by molar-refractivity contribution is 0.0723. The SMILES string of the molecule is O=C(O)BN1CCOCC1. The molecule has 1 aliphatic rings. The van der Waals surface area contributed by atoms with Gasteiger partial charge in [0, 0.05) is 13.1 Å². The Morgan fingerprint density at radius 1 is 1.50 bits per heavy atom. The van der Waals surface area contributed by atoms with Crippen LogP contribution in [0.15, 0.2) is 0 Å². The molecule has 1 rings (SSSR count). The molecule has 4 nitrogen and oxygen atoms in total. The van der Waals surface area contributed by atoms with Gasteiger partial charge in [0.1, 0.15) is 0 Å². The molecular weight excluding hydrogens is 133 g/mol. The molecule has 0 aromatic heterocycles. The molecule has 5 heteroatoms. The van der Waals surface area contributed by atoms with E-state index in [0.717, 1.165) is 13.1 Å². The Morgan fingerprint density at radius 2 is 2.10 bits per heavy atom. The van der Waals surface area contributed by atoms with Crippen LogP contribution in [0.3, 0.4) is 0 Å². The van der Waals surface area contributed by atoms with E-state index in [-0.39, 0.29) is 7.41 Å². The summed E-state index contributed by atoms with van der Waals surface area (Å²) in [5.41, 5.74) is 0. The van der Waals surface area contributed by atoms with Gasteiger partial charge in [-0.2, -0.15) is 0 Å². The van der Waals surface area contributed by atoms with Crippen LogP contribution >= 0.6 is 0 Å². The van der Waals surface area contributed by atoms with Gasteiger partial charge in [0.25, 0.3) is 5.87 Å². The third-order valence-corrected chi connectivity index (χ3v) is 1.46. The zero-order chi connectivity index (χ0) is 7.40. The molecule has 56 valence electrons. The molecule has 0 aliphatic carbocycles. The van der Waals surface area contributed by atoms with Crippen molar-refractivity contribution in [3.8, 4) is 0 Å². The highest BCUT2D eigenvalue weighted by molar-refractivity contribution is 6.69. The Morgan fingerprint density at radius 3 is 2.60 bits per heavy atom. The summed E-state index contributed by atoms with van der Waals surface area (Å²) in [7, 11) is 0.142. The molecular formula is C5H10BNO3. The Bertz CT molecular complexity index is 124. The molecule has 1 N–H and O–H groups in total. The molecule has 0 atom stereocenters. The topological polar surface area (TPSA) is 49.8 Å². The fraction of sp³-hybridized carbons (Fsp3) is 0.800. The van der Waals surface area contributed by atoms with Crippen LogP contribution in [-0.4, -0.2) is 49.5 Å². The number of rotatable bonds is 2. The molecule has 0 spiro atoms. The monoisotopic (exact) mass is 143 g/mol. The Hall–Kier alpha value is -0.545. The van der Waals surface area contributed by atoms with E-state index < -0.39 is 5.87 Å². The van der Waals surface area contributed by atoms with Gasteiger partial charge in [-0.1, -0.05) is 0 Å². The zero-order valence-corrected chi connectivity index (χ0v) is 5.75. The maximum absolute atomic E-state index is 10.2. The summed E-state index contributed by atoms with van der Waals surface area (Å²) in [5, 5.41) is 8.38. The van der Waals surface area contributed by atoms with Crippen LogP contribution in [-0.2, 0) is 4.74 Å². The summed E-state index contributed by atoms with van der Waals surface area (Å²) in [6, 6.07) is 0. The standard InChI is InChI=1S/C5H10BNO3/c8-5(9)6-7-1-3-10-4-2-7/h6H,1-4H2,(H,8,9). The first-order chi connectivity index (χ1) is 4.79. The number of carbonyl (C=O) groups is 1. The van der Waals surface area contributed by atoms with Gasteiger partial charge < -0.3 is 14.7 Å². The van der Waals surface area contributed by atoms with Crippen molar-refractivity contribution in [3.05, 3.63) is 0 Å². The Labute approximate surface area is 60.0 Å². The summed E-state index contributed by atoms with van der Waals surface area (Å²) in [4.78, 5) is 12.1. The van der Waals surface area contributed by atoms with Gasteiger partial charge in [0.2, 0.25) is 0 Å². The quantitative estimate of drug-likeness (QED) is 0.521. The van der Waals surface area contributed by atoms with E-state index in [4.69, 9.17) is 9.84 Å². The van der Waals surface area contributed by atoms with E-state index in [0.29, 0.717) is 13.2 Å². The largest absolute Gasteiger partial charge is 0.488 e. The summed E-state index contributed by atoms with van der Waals surface area (Å²) >= 11 is 0. The van der Waals surface area contributed by atoms with Crippen molar-refractivity contribution in [1.29, 1.82) is 0 Å². The first-order valence-electron chi connectivity index (χ1n) is 3.31. The highest BCUT2D eigenvalue weighted by Crippen LogP contribution is 1.93. The molecule has 1 fully saturated rings. The molecule has 10 heavy (non-hydrogen) atoms. The van der Waals surface area contributed by atoms with Gasteiger partial charge in [-0.05, 0) is 0 Å². The van der Waals surface area contributed by atoms with E-state index in [1.807, 2.05) is 4.81 Å². The van der Waals surface area contributed by atoms with Gasteiger partial charge >= 0.3 is 7.41 Å². The van der Waals surface area contributed by atoms with Crippen molar-refractivity contribution in [2.24, 2.45) is 0 Å². The lowest BCUT2D eigenvalue weighted by atomic mass is 9.91. The first-order valence-corrected chi connectivity index (χ1v) is 3.31. The number of carboxylic acid groups (broad SMARTS) is 1. The molecule has 0 unspecified atom stereocenters. The second-order valence-corrected chi connectivity index (χ2v) is 2.28. The summed E-state index contributed by atoms with van der Waals surface area (Å²) in [6.07, 6.45) is 0. The molecule has 1 heterocycles. The molecule has 0 aromatic rings. The zero-order valence-electron chi connectivity index (χ0n) is 5.75. The molecule has 1 saturated heterocycles. The first kappa shape index (κ1) is 7.56. The van der Waals surface area contributed by atoms with Crippen molar-refractivity contribution < 1.29 is 14.6 Å². The summed E-state index contributed by atoms with van der Waals surface area (Å²) in [5.74, 6) is -0.762. The van der Waals surface area contributed by atoms with Crippen LogP contribution in [0.4, 0.5) is 4.79 Å². The molecule has 0 saturated carbocycles. The van der Waals surface area contributed by atoms with Crippen molar-refractivity contribution in [3.63, 3.8) is 0 Å². The Kier molecular flexibility index (Phi) is 2.71. The second-order valence-electron chi connectivity index (χ2n) is 2.28.